The summed E-state index contributed by atoms with van der Waals surface area (Å²) in [7, 11) is 0. The second-order valence-corrected chi connectivity index (χ2v) is 7.58. The first-order valence-corrected chi connectivity index (χ1v) is 9.90. The van der Waals surface area contributed by atoms with Crippen LogP contribution in [0.3, 0.4) is 0 Å². The van der Waals surface area contributed by atoms with E-state index in [0.717, 1.165) is 61.3 Å². The number of aromatic nitrogens is 2. The average molecular weight is 378 g/mol. The van der Waals surface area contributed by atoms with E-state index in [4.69, 9.17) is 9.72 Å². The fourth-order valence-corrected chi connectivity index (χ4v) is 4.06. The van der Waals surface area contributed by atoms with Gasteiger partial charge < -0.3 is 15.0 Å². The van der Waals surface area contributed by atoms with Crippen molar-refractivity contribution in [3.05, 3.63) is 60.0 Å². The summed E-state index contributed by atoms with van der Waals surface area (Å²) in [5.74, 6) is 1.56. The quantitative estimate of drug-likeness (QED) is 0.753. The van der Waals surface area contributed by atoms with Gasteiger partial charge >= 0.3 is 0 Å². The Kier molecular flexibility index (Phi) is 4.56. The first kappa shape index (κ1) is 17.4. The van der Waals surface area contributed by atoms with Gasteiger partial charge in [0, 0.05) is 10.9 Å². The maximum absolute atomic E-state index is 13.8. The number of piperidine rings is 1. The van der Waals surface area contributed by atoms with Gasteiger partial charge in [0.1, 0.15) is 17.7 Å². The van der Waals surface area contributed by atoms with E-state index in [9.17, 15) is 4.39 Å². The average Bonchev–Trinajstić information content (AvgIpc) is 2.71. The largest absolute Gasteiger partial charge is 0.470 e. The maximum atomic E-state index is 13.8. The third kappa shape index (κ3) is 3.40. The molecular weight excluding hydrogens is 355 g/mol. The van der Waals surface area contributed by atoms with Crippen molar-refractivity contribution in [2.45, 2.75) is 24.9 Å². The highest BCUT2D eigenvalue weighted by Crippen LogP contribution is 2.33. The number of hydrogen-bond acceptors (Lipinski definition) is 5. The Bertz CT molecular complexity index is 983. The first-order chi connectivity index (χ1) is 13.8. The molecule has 2 aromatic heterocycles. The molecule has 0 atom stereocenters. The number of nitrogens with zero attached hydrogens (tertiary/aromatic N) is 3. The number of hydrogen-bond donors (Lipinski definition) is 1. The molecule has 5 rings (SSSR count). The topological polar surface area (TPSA) is 50.3 Å². The first-order valence-electron chi connectivity index (χ1n) is 9.90. The standard InChI is InChI=1S/C22H23FN4O/c23-17-11-19(15-7-9-24-10-8-15)22(25-12-17)28-18-13-27(14-18)21-6-5-16-3-1-2-4-20(16)26-21/h1-6,11-12,15,18,24H,7-10,13-14H2. The van der Waals surface area contributed by atoms with Gasteiger partial charge in [-0.05, 0) is 56.1 Å². The molecule has 0 aliphatic carbocycles. The molecule has 0 bridgehead atoms. The lowest BCUT2D eigenvalue weighted by Gasteiger charge is -2.40. The van der Waals surface area contributed by atoms with Gasteiger partial charge in [0.2, 0.25) is 5.88 Å². The molecule has 0 amide bonds. The molecule has 0 unspecified atom stereocenters. The van der Waals surface area contributed by atoms with Gasteiger partial charge in [-0.3, -0.25) is 0 Å². The zero-order valence-electron chi connectivity index (χ0n) is 15.6. The van der Waals surface area contributed by atoms with Crippen LogP contribution in [-0.4, -0.2) is 42.3 Å². The Hall–Kier alpha value is -2.73. The van der Waals surface area contributed by atoms with Crippen LogP contribution in [0.2, 0.25) is 0 Å². The lowest BCUT2D eigenvalue weighted by Crippen LogP contribution is -2.54. The normalized spacial score (nSPS) is 18.2. The van der Waals surface area contributed by atoms with Crippen LogP contribution in [0, 0.1) is 5.82 Å². The highest BCUT2D eigenvalue weighted by Gasteiger charge is 2.31. The van der Waals surface area contributed by atoms with Crippen LogP contribution in [0.4, 0.5) is 10.2 Å². The van der Waals surface area contributed by atoms with Crippen LogP contribution >= 0.6 is 0 Å². The van der Waals surface area contributed by atoms with Crippen molar-refractivity contribution in [2.24, 2.45) is 0 Å². The summed E-state index contributed by atoms with van der Waals surface area (Å²) in [6.45, 7) is 3.42. The number of para-hydroxylation sites is 1. The fourth-order valence-electron chi connectivity index (χ4n) is 4.06. The summed E-state index contributed by atoms with van der Waals surface area (Å²) in [5, 5.41) is 4.49. The predicted octanol–water partition coefficient (Wildman–Crippen LogP) is 3.50. The molecule has 0 saturated carbocycles. The lowest BCUT2D eigenvalue weighted by molar-refractivity contribution is 0.156. The number of rotatable bonds is 4. The Balaban J connectivity index is 1.28. The molecule has 5 nitrogen and oxygen atoms in total. The van der Waals surface area contributed by atoms with Crippen LogP contribution in [0.5, 0.6) is 5.88 Å². The van der Waals surface area contributed by atoms with Crippen molar-refractivity contribution in [3.8, 4) is 5.88 Å². The van der Waals surface area contributed by atoms with E-state index < -0.39 is 0 Å². The van der Waals surface area contributed by atoms with Crippen molar-refractivity contribution in [1.29, 1.82) is 0 Å². The molecule has 4 heterocycles. The molecule has 3 aromatic rings. The minimum atomic E-state index is -0.295. The lowest BCUT2D eigenvalue weighted by atomic mass is 9.91. The molecule has 1 N–H and O–H groups in total. The molecule has 1 aromatic carbocycles. The van der Waals surface area contributed by atoms with E-state index in [1.165, 1.54) is 6.20 Å². The Morgan fingerprint density at radius 3 is 2.75 bits per heavy atom. The Morgan fingerprint density at radius 2 is 1.89 bits per heavy atom. The van der Waals surface area contributed by atoms with Gasteiger partial charge in [-0.15, -0.1) is 0 Å². The van der Waals surface area contributed by atoms with Crippen molar-refractivity contribution in [1.82, 2.24) is 15.3 Å². The number of nitrogens with one attached hydrogen (secondary N) is 1. The van der Waals surface area contributed by atoms with E-state index in [1.54, 1.807) is 6.07 Å². The number of halogens is 1. The van der Waals surface area contributed by atoms with Gasteiger partial charge in [-0.25, -0.2) is 14.4 Å². The van der Waals surface area contributed by atoms with Crippen LogP contribution < -0.4 is 15.0 Å². The van der Waals surface area contributed by atoms with Gasteiger partial charge in [0.15, 0.2) is 0 Å². The summed E-state index contributed by atoms with van der Waals surface area (Å²) < 4.78 is 20.0. The minimum Gasteiger partial charge on any atom is -0.470 e. The van der Waals surface area contributed by atoms with Crippen LogP contribution in [0.15, 0.2) is 48.7 Å². The van der Waals surface area contributed by atoms with E-state index in [-0.39, 0.29) is 11.9 Å². The molecule has 144 valence electrons. The Labute approximate surface area is 163 Å². The van der Waals surface area contributed by atoms with Crippen LogP contribution in [0.25, 0.3) is 10.9 Å². The number of anilines is 1. The smallest absolute Gasteiger partial charge is 0.217 e. The summed E-state index contributed by atoms with van der Waals surface area (Å²) in [4.78, 5) is 11.2. The molecule has 28 heavy (non-hydrogen) atoms. The monoisotopic (exact) mass is 378 g/mol. The van der Waals surface area contributed by atoms with E-state index in [2.05, 4.69) is 33.4 Å². The number of fused-ring (bicyclic) bond motifs is 1. The molecule has 2 fully saturated rings. The molecule has 0 spiro atoms. The number of ether oxygens (including phenoxy) is 1. The van der Waals surface area contributed by atoms with Crippen molar-refractivity contribution in [3.63, 3.8) is 0 Å². The molecule has 6 heteroatoms. The van der Waals surface area contributed by atoms with Gasteiger partial charge in [-0.1, -0.05) is 18.2 Å². The fraction of sp³-hybridized carbons (Fsp3) is 0.364. The summed E-state index contributed by atoms with van der Waals surface area (Å²) >= 11 is 0. The van der Waals surface area contributed by atoms with Gasteiger partial charge in [0.05, 0.1) is 24.8 Å². The molecule has 2 saturated heterocycles. The predicted molar refractivity (Wildman–Crippen MR) is 107 cm³/mol. The second kappa shape index (κ2) is 7.36. The Morgan fingerprint density at radius 1 is 1.07 bits per heavy atom. The third-order valence-corrected chi connectivity index (χ3v) is 5.66. The molecule has 0 radical (unpaired) electrons. The number of benzene rings is 1. The third-order valence-electron chi connectivity index (χ3n) is 5.66. The van der Waals surface area contributed by atoms with Gasteiger partial charge in [0.25, 0.3) is 0 Å². The van der Waals surface area contributed by atoms with Crippen molar-refractivity contribution >= 4 is 16.7 Å². The summed E-state index contributed by atoms with van der Waals surface area (Å²) in [5.41, 5.74) is 1.90. The highest BCUT2D eigenvalue weighted by molar-refractivity contribution is 5.80. The maximum Gasteiger partial charge on any atom is 0.217 e. The number of pyridine rings is 2. The zero-order valence-corrected chi connectivity index (χ0v) is 15.6. The minimum absolute atomic E-state index is 0.0479. The van der Waals surface area contributed by atoms with E-state index >= 15 is 0 Å². The highest BCUT2D eigenvalue weighted by atomic mass is 19.1. The zero-order chi connectivity index (χ0) is 18.9. The van der Waals surface area contributed by atoms with Crippen molar-refractivity contribution in [2.75, 3.05) is 31.1 Å². The van der Waals surface area contributed by atoms with E-state index in [1.807, 2.05) is 18.2 Å². The van der Waals surface area contributed by atoms with Gasteiger partial charge in [-0.2, -0.15) is 0 Å². The second-order valence-electron chi connectivity index (χ2n) is 7.58. The summed E-state index contributed by atoms with van der Waals surface area (Å²) in [6, 6.07) is 13.9. The van der Waals surface area contributed by atoms with E-state index in [0.29, 0.717) is 11.8 Å². The van der Waals surface area contributed by atoms with Crippen LogP contribution in [-0.2, 0) is 0 Å². The SMILES string of the molecule is Fc1cnc(OC2CN(c3ccc4ccccc4n3)C2)c(C2CCNCC2)c1. The summed E-state index contributed by atoms with van der Waals surface area (Å²) in [6.07, 6.45) is 3.27. The molecule has 2 aliphatic heterocycles. The molecule has 2 aliphatic rings. The molecular formula is C22H23FN4O. The van der Waals surface area contributed by atoms with Crippen LogP contribution in [0.1, 0.15) is 24.3 Å². The van der Waals surface area contributed by atoms with Crippen molar-refractivity contribution < 1.29 is 9.13 Å².